The summed E-state index contributed by atoms with van der Waals surface area (Å²) in [4.78, 5) is 31.2. The average molecular weight is 527 g/mol. The fourth-order valence-electron chi connectivity index (χ4n) is 4.77. The fourth-order valence-corrected chi connectivity index (χ4v) is 4.77. The largest absolute Gasteiger partial charge is 0.493 e. The molecular formula is C31H30N2O6. The number of para-hydroxylation sites is 1. The lowest BCUT2D eigenvalue weighted by Crippen LogP contribution is -2.32. The minimum atomic E-state index is -0.475. The number of carbonyl (C=O) groups excluding carboxylic acids is 2. The van der Waals surface area contributed by atoms with Gasteiger partial charge in [0.1, 0.15) is 17.3 Å². The predicted octanol–water partition coefficient (Wildman–Crippen LogP) is 5.43. The Hall–Kier alpha value is -4.59. The third kappa shape index (κ3) is 6.65. The van der Waals surface area contributed by atoms with Gasteiger partial charge in [0.15, 0.2) is 0 Å². The maximum Gasteiger partial charge on any atom is 0.415 e. The van der Waals surface area contributed by atoms with Crippen molar-refractivity contribution in [2.24, 2.45) is 11.8 Å². The second-order valence-corrected chi connectivity index (χ2v) is 9.42. The Morgan fingerprint density at radius 1 is 0.949 bits per heavy atom. The maximum atomic E-state index is 12.8. The molecule has 8 nitrogen and oxygen atoms in total. The summed E-state index contributed by atoms with van der Waals surface area (Å²) < 4.78 is 22.4. The van der Waals surface area contributed by atoms with Crippen molar-refractivity contribution in [1.29, 1.82) is 0 Å². The van der Waals surface area contributed by atoms with E-state index in [2.05, 4.69) is 4.98 Å². The molecule has 1 aliphatic heterocycles. The summed E-state index contributed by atoms with van der Waals surface area (Å²) in [5.74, 6) is 1.65. The van der Waals surface area contributed by atoms with Gasteiger partial charge < -0.3 is 23.5 Å². The smallest absolute Gasteiger partial charge is 0.415 e. The van der Waals surface area contributed by atoms with E-state index in [1.807, 2.05) is 60.7 Å². The Labute approximate surface area is 227 Å². The first-order valence-corrected chi connectivity index (χ1v) is 12.9. The molecule has 3 aromatic carbocycles. The number of benzene rings is 3. The number of nitrogens with zero attached hydrogens (tertiary/aromatic N) is 2. The van der Waals surface area contributed by atoms with Crippen molar-refractivity contribution in [1.82, 2.24) is 9.88 Å². The van der Waals surface area contributed by atoms with E-state index < -0.39 is 12.0 Å². The number of oxazole rings is 1. The van der Waals surface area contributed by atoms with E-state index in [9.17, 15) is 9.59 Å². The van der Waals surface area contributed by atoms with Gasteiger partial charge >= 0.3 is 12.1 Å². The molecule has 2 heterocycles. The highest BCUT2D eigenvalue weighted by molar-refractivity contribution is 5.77. The van der Waals surface area contributed by atoms with E-state index in [1.54, 1.807) is 35.4 Å². The highest BCUT2D eigenvalue weighted by Crippen LogP contribution is 2.30. The zero-order chi connectivity index (χ0) is 27.0. The molecule has 8 heteroatoms. The number of hydrogen-bond acceptors (Lipinski definition) is 7. The van der Waals surface area contributed by atoms with Crippen LogP contribution in [0.25, 0.3) is 11.5 Å². The first-order chi connectivity index (χ1) is 19.1. The van der Waals surface area contributed by atoms with Crippen LogP contribution >= 0.6 is 0 Å². The molecule has 2 atom stereocenters. The van der Waals surface area contributed by atoms with Crippen LogP contribution in [0.4, 0.5) is 4.79 Å². The summed E-state index contributed by atoms with van der Waals surface area (Å²) in [5.41, 5.74) is 1.94. The van der Waals surface area contributed by atoms with Crippen LogP contribution in [0.3, 0.4) is 0 Å². The highest BCUT2D eigenvalue weighted by Gasteiger charge is 2.41. The van der Waals surface area contributed by atoms with Gasteiger partial charge in [0, 0.05) is 25.1 Å². The van der Waals surface area contributed by atoms with Gasteiger partial charge in [0.2, 0.25) is 5.89 Å². The maximum absolute atomic E-state index is 12.8. The Balaban J connectivity index is 1.18. The molecule has 200 valence electrons. The molecule has 1 saturated heterocycles. The SMILES string of the molecule is COC(=O)[C@H]1CN(C(=O)Oc2ccccc2)C[C@H]1Cc1cccc(OCCc2cnc(-c3ccccc3)o2)c1. The van der Waals surface area contributed by atoms with Crippen molar-refractivity contribution in [2.75, 3.05) is 26.8 Å². The molecule has 39 heavy (non-hydrogen) atoms. The number of aromatic nitrogens is 1. The normalized spacial score (nSPS) is 16.6. The minimum absolute atomic E-state index is 0.110. The number of methoxy groups -OCH3 is 1. The second kappa shape index (κ2) is 12.3. The lowest BCUT2D eigenvalue weighted by molar-refractivity contribution is -0.146. The van der Waals surface area contributed by atoms with Crippen LogP contribution in [0.2, 0.25) is 0 Å². The number of esters is 1. The van der Waals surface area contributed by atoms with Crippen LogP contribution in [0.1, 0.15) is 11.3 Å². The van der Waals surface area contributed by atoms with Gasteiger partial charge in [0.25, 0.3) is 0 Å². The fraction of sp³-hybridized carbons (Fsp3) is 0.258. The van der Waals surface area contributed by atoms with Gasteiger partial charge in [-0.2, -0.15) is 0 Å². The Kier molecular flexibility index (Phi) is 8.21. The molecule has 0 N–H and O–H groups in total. The van der Waals surface area contributed by atoms with E-state index in [4.69, 9.17) is 18.6 Å². The first kappa shape index (κ1) is 26.0. The summed E-state index contributed by atoms with van der Waals surface area (Å²) in [6, 6.07) is 26.4. The van der Waals surface area contributed by atoms with Gasteiger partial charge in [-0.1, -0.05) is 48.5 Å². The van der Waals surface area contributed by atoms with Gasteiger partial charge in [-0.3, -0.25) is 4.79 Å². The molecule has 0 aliphatic carbocycles. The molecule has 4 aromatic rings. The van der Waals surface area contributed by atoms with Crippen LogP contribution < -0.4 is 9.47 Å². The third-order valence-corrected chi connectivity index (χ3v) is 6.74. The lowest BCUT2D eigenvalue weighted by atomic mass is 9.89. The van der Waals surface area contributed by atoms with Crippen molar-refractivity contribution < 1.29 is 28.2 Å². The minimum Gasteiger partial charge on any atom is -0.493 e. The van der Waals surface area contributed by atoms with Crippen LogP contribution in [0.15, 0.2) is 95.5 Å². The summed E-state index contributed by atoms with van der Waals surface area (Å²) in [7, 11) is 1.37. The van der Waals surface area contributed by atoms with E-state index in [-0.39, 0.29) is 18.4 Å². The molecule has 1 fully saturated rings. The molecule has 5 rings (SSSR count). The molecule has 0 saturated carbocycles. The Bertz CT molecular complexity index is 1390. The number of hydrogen-bond donors (Lipinski definition) is 0. The van der Waals surface area contributed by atoms with Gasteiger partial charge in [0.05, 0.1) is 25.8 Å². The van der Waals surface area contributed by atoms with Gasteiger partial charge in [-0.25, -0.2) is 9.78 Å². The Morgan fingerprint density at radius 3 is 2.46 bits per heavy atom. The van der Waals surface area contributed by atoms with Crippen molar-refractivity contribution in [3.8, 4) is 23.0 Å². The van der Waals surface area contributed by atoms with E-state index in [0.717, 1.165) is 22.6 Å². The number of ether oxygens (including phenoxy) is 3. The zero-order valence-corrected chi connectivity index (χ0v) is 21.7. The summed E-state index contributed by atoms with van der Waals surface area (Å²) >= 11 is 0. The topological polar surface area (TPSA) is 91.1 Å². The Morgan fingerprint density at radius 2 is 1.69 bits per heavy atom. The molecule has 1 amide bonds. The van der Waals surface area contributed by atoms with Crippen molar-refractivity contribution in [2.45, 2.75) is 12.8 Å². The van der Waals surface area contributed by atoms with Crippen molar-refractivity contribution >= 4 is 12.1 Å². The number of likely N-dealkylation sites (tertiary alicyclic amines) is 1. The molecule has 0 unspecified atom stereocenters. The van der Waals surface area contributed by atoms with Gasteiger partial charge in [-0.05, 0) is 54.3 Å². The third-order valence-electron chi connectivity index (χ3n) is 6.74. The average Bonchev–Trinajstić information content (AvgIpc) is 3.62. The van der Waals surface area contributed by atoms with Crippen LogP contribution in [0.5, 0.6) is 11.5 Å². The molecule has 0 bridgehead atoms. The second-order valence-electron chi connectivity index (χ2n) is 9.42. The highest BCUT2D eigenvalue weighted by atomic mass is 16.6. The summed E-state index contributed by atoms with van der Waals surface area (Å²) in [6.45, 7) is 1.08. The molecule has 0 radical (unpaired) electrons. The standard InChI is InChI=1S/C31H30N2O6/c1-36-30(34)28-21-33(31(35)39-25-12-6-3-7-13-25)20-24(28)17-22-9-8-14-26(18-22)37-16-15-27-19-32-29(38-27)23-10-4-2-5-11-23/h2-14,18-19,24,28H,15-17,20-21H2,1H3/t24-,28+/m1/s1. The quantitative estimate of drug-likeness (QED) is 0.269. The predicted molar refractivity (Wildman–Crippen MR) is 144 cm³/mol. The van der Waals surface area contributed by atoms with E-state index in [0.29, 0.717) is 37.6 Å². The molecular weight excluding hydrogens is 496 g/mol. The molecule has 1 aliphatic rings. The van der Waals surface area contributed by atoms with E-state index in [1.165, 1.54) is 7.11 Å². The number of amides is 1. The first-order valence-electron chi connectivity index (χ1n) is 12.9. The lowest BCUT2D eigenvalue weighted by Gasteiger charge is -2.17. The van der Waals surface area contributed by atoms with Crippen LogP contribution in [0, 0.1) is 11.8 Å². The monoisotopic (exact) mass is 526 g/mol. The van der Waals surface area contributed by atoms with E-state index >= 15 is 0 Å². The van der Waals surface area contributed by atoms with Crippen LogP contribution in [-0.2, 0) is 22.4 Å². The van der Waals surface area contributed by atoms with Crippen LogP contribution in [-0.4, -0.2) is 48.8 Å². The zero-order valence-electron chi connectivity index (χ0n) is 21.7. The summed E-state index contributed by atoms with van der Waals surface area (Å²) in [5, 5.41) is 0. The van der Waals surface area contributed by atoms with Crippen molar-refractivity contribution in [3.63, 3.8) is 0 Å². The number of carbonyl (C=O) groups is 2. The molecule has 1 aromatic heterocycles. The van der Waals surface area contributed by atoms with Crippen molar-refractivity contribution in [3.05, 3.63) is 102 Å². The molecule has 0 spiro atoms. The summed E-state index contributed by atoms with van der Waals surface area (Å²) in [6.07, 6.45) is 2.42. The van der Waals surface area contributed by atoms with Gasteiger partial charge in [-0.15, -0.1) is 0 Å². The number of rotatable bonds is 9.